The van der Waals surface area contributed by atoms with Gasteiger partial charge in [0.25, 0.3) is 5.91 Å². The van der Waals surface area contributed by atoms with Gasteiger partial charge in [-0.05, 0) is 63.1 Å². The Labute approximate surface area is 153 Å². The molecule has 2 aromatic carbocycles. The van der Waals surface area contributed by atoms with Gasteiger partial charge in [-0.1, -0.05) is 12.1 Å². The largest absolute Gasteiger partial charge is 0.350 e. The Morgan fingerprint density at radius 3 is 2.35 bits per heavy atom. The molecule has 2 aromatic rings. The highest BCUT2D eigenvalue weighted by atomic mass is 32.2. The SMILES string of the molecule is CNS(=O)(=O)c1ccc(C(=O)NCC(c2cccc(F)c2)N(C)C)cc1. The molecule has 0 aliphatic heterocycles. The number of hydrogen-bond acceptors (Lipinski definition) is 4. The van der Waals surface area contributed by atoms with E-state index >= 15 is 0 Å². The summed E-state index contributed by atoms with van der Waals surface area (Å²) >= 11 is 0. The van der Waals surface area contributed by atoms with Gasteiger partial charge in [-0.3, -0.25) is 4.79 Å². The Morgan fingerprint density at radius 2 is 1.81 bits per heavy atom. The number of nitrogens with one attached hydrogen (secondary N) is 2. The Kier molecular flexibility index (Phi) is 6.47. The lowest BCUT2D eigenvalue weighted by molar-refractivity contribution is 0.0942. The van der Waals surface area contributed by atoms with Gasteiger partial charge in [0.15, 0.2) is 0 Å². The van der Waals surface area contributed by atoms with Crippen molar-refractivity contribution in [2.45, 2.75) is 10.9 Å². The first-order valence-corrected chi connectivity index (χ1v) is 9.46. The fourth-order valence-electron chi connectivity index (χ4n) is 2.51. The van der Waals surface area contributed by atoms with Gasteiger partial charge in [0.05, 0.1) is 10.9 Å². The number of rotatable bonds is 7. The second kappa shape index (κ2) is 8.39. The molecule has 0 aliphatic rings. The summed E-state index contributed by atoms with van der Waals surface area (Å²) in [6.45, 7) is 0.284. The second-order valence-corrected chi connectivity index (χ2v) is 7.86. The normalized spacial score (nSPS) is 12.8. The third-order valence-electron chi connectivity index (χ3n) is 4.01. The quantitative estimate of drug-likeness (QED) is 0.769. The van der Waals surface area contributed by atoms with Crippen LogP contribution in [0.2, 0.25) is 0 Å². The molecule has 0 fully saturated rings. The van der Waals surface area contributed by atoms with Crippen LogP contribution in [0.4, 0.5) is 4.39 Å². The molecule has 140 valence electrons. The topological polar surface area (TPSA) is 78.5 Å². The molecule has 1 atom stereocenters. The van der Waals surface area contributed by atoms with Gasteiger partial charge in [0, 0.05) is 12.1 Å². The molecule has 0 saturated carbocycles. The van der Waals surface area contributed by atoms with Crippen LogP contribution in [0.25, 0.3) is 0 Å². The highest BCUT2D eigenvalue weighted by Crippen LogP contribution is 2.18. The smallest absolute Gasteiger partial charge is 0.251 e. The number of carbonyl (C=O) groups excluding carboxylic acids is 1. The fourth-order valence-corrected chi connectivity index (χ4v) is 3.24. The number of benzene rings is 2. The Hall–Kier alpha value is -2.29. The van der Waals surface area contributed by atoms with E-state index in [2.05, 4.69) is 10.0 Å². The molecule has 1 amide bonds. The van der Waals surface area contributed by atoms with Crippen LogP contribution in [0, 0.1) is 5.82 Å². The summed E-state index contributed by atoms with van der Waals surface area (Å²) in [5.41, 5.74) is 1.10. The Morgan fingerprint density at radius 1 is 1.15 bits per heavy atom. The number of hydrogen-bond donors (Lipinski definition) is 2. The predicted molar refractivity (Wildman–Crippen MR) is 97.8 cm³/mol. The number of sulfonamides is 1. The zero-order chi connectivity index (χ0) is 19.3. The minimum Gasteiger partial charge on any atom is -0.350 e. The summed E-state index contributed by atoms with van der Waals surface area (Å²) in [6.07, 6.45) is 0. The number of amides is 1. The molecule has 0 saturated heterocycles. The molecule has 0 aliphatic carbocycles. The van der Waals surface area contributed by atoms with Gasteiger partial charge >= 0.3 is 0 Å². The first kappa shape index (κ1) is 20.0. The van der Waals surface area contributed by atoms with Crippen molar-refractivity contribution in [3.05, 3.63) is 65.5 Å². The molecule has 2 N–H and O–H groups in total. The molecule has 0 aromatic heterocycles. The number of nitrogens with zero attached hydrogens (tertiary/aromatic N) is 1. The zero-order valence-electron chi connectivity index (χ0n) is 14.9. The number of carbonyl (C=O) groups is 1. The highest BCUT2D eigenvalue weighted by Gasteiger charge is 2.17. The first-order chi connectivity index (χ1) is 12.2. The molecule has 0 spiro atoms. The van der Waals surface area contributed by atoms with Crippen LogP contribution in [0.15, 0.2) is 53.4 Å². The van der Waals surface area contributed by atoms with E-state index in [0.717, 1.165) is 5.56 Å². The molecule has 0 radical (unpaired) electrons. The number of likely N-dealkylation sites (N-methyl/N-ethyl adjacent to an activating group) is 1. The molecular formula is C18H22FN3O3S. The van der Waals surface area contributed by atoms with Crippen LogP contribution >= 0.6 is 0 Å². The van der Waals surface area contributed by atoms with E-state index in [1.807, 2.05) is 19.0 Å². The molecule has 26 heavy (non-hydrogen) atoms. The van der Waals surface area contributed by atoms with E-state index in [9.17, 15) is 17.6 Å². The van der Waals surface area contributed by atoms with E-state index in [1.165, 1.54) is 43.4 Å². The van der Waals surface area contributed by atoms with Crippen molar-refractivity contribution in [3.8, 4) is 0 Å². The fraction of sp³-hybridized carbons (Fsp3) is 0.278. The van der Waals surface area contributed by atoms with Crippen LogP contribution in [0.5, 0.6) is 0 Å². The lowest BCUT2D eigenvalue weighted by atomic mass is 10.1. The van der Waals surface area contributed by atoms with E-state index in [1.54, 1.807) is 12.1 Å². The van der Waals surface area contributed by atoms with Gasteiger partial charge in [0.2, 0.25) is 10.0 Å². The molecule has 0 bridgehead atoms. The van der Waals surface area contributed by atoms with Crippen molar-refractivity contribution in [1.82, 2.24) is 14.9 Å². The van der Waals surface area contributed by atoms with E-state index < -0.39 is 10.0 Å². The third kappa shape index (κ3) is 4.87. The summed E-state index contributed by atoms with van der Waals surface area (Å²) < 4.78 is 39.1. The molecule has 1 unspecified atom stereocenters. The van der Waals surface area contributed by atoms with Crippen LogP contribution in [-0.2, 0) is 10.0 Å². The van der Waals surface area contributed by atoms with Crippen LogP contribution in [-0.4, -0.2) is 46.9 Å². The minimum atomic E-state index is -3.54. The maximum Gasteiger partial charge on any atom is 0.251 e. The monoisotopic (exact) mass is 379 g/mol. The molecular weight excluding hydrogens is 357 g/mol. The summed E-state index contributed by atoms with van der Waals surface area (Å²) in [5, 5.41) is 2.80. The van der Waals surface area contributed by atoms with Gasteiger partial charge in [-0.2, -0.15) is 0 Å². The van der Waals surface area contributed by atoms with Gasteiger partial charge in [0.1, 0.15) is 5.82 Å². The molecule has 8 heteroatoms. The van der Waals surface area contributed by atoms with Crippen molar-refractivity contribution in [2.24, 2.45) is 0 Å². The molecule has 2 rings (SSSR count). The molecule has 0 heterocycles. The lowest BCUT2D eigenvalue weighted by Crippen LogP contribution is -2.34. The van der Waals surface area contributed by atoms with E-state index in [4.69, 9.17) is 0 Å². The molecule has 6 nitrogen and oxygen atoms in total. The third-order valence-corrected chi connectivity index (χ3v) is 5.44. The predicted octanol–water partition coefficient (Wildman–Crippen LogP) is 1.77. The summed E-state index contributed by atoms with van der Waals surface area (Å²) in [5.74, 6) is -0.663. The van der Waals surface area contributed by atoms with E-state index in [0.29, 0.717) is 5.56 Å². The summed E-state index contributed by atoms with van der Waals surface area (Å²) in [6, 6.07) is 11.7. The second-order valence-electron chi connectivity index (χ2n) is 5.98. The standard InChI is InChI=1S/C18H22FN3O3S/c1-20-26(24,25)16-9-7-13(8-10-16)18(23)21-12-17(22(2)3)14-5-4-6-15(19)11-14/h4-11,17,20H,12H2,1-3H3,(H,21,23). The zero-order valence-corrected chi connectivity index (χ0v) is 15.7. The van der Waals surface area contributed by atoms with Crippen molar-refractivity contribution in [1.29, 1.82) is 0 Å². The first-order valence-electron chi connectivity index (χ1n) is 7.98. The minimum absolute atomic E-state index is 0.0856. The van der Waals surface area contributed by atoms with Crippen molar-refractivity contribution < 1.29 is 17.6 Å². The summed E-state index contributed by atoms with van der Waals surface area (Å²) in [4.78, 5) is 14.3. The van der Waals surface area contributed by atoms with Gasteiger partial charge < -0.3 is 10.2 Å². The van der Waals surface area contributed by atoms with Crippen LogP contribution in [0.3, 0.4) is 0 Å². The Balaban J connectivity index is 2.09. The maximum absolute atomic E-state index is 13.5. The van der Waals surface area contributed by atoms with Crippen molar-refractivity contribution in [2.75, 3.05) is 27.7 Å². The Bertz CT molecular complexity index is 868. The van der Waals surface area contributed by atoms with Crippen LogP contribution in [0.1, 0.15) is 22.0 Å². The summed E-state index contributed by atoms with van der Waals surface area (Å²) in [7, 11) is 1.47. The van der Waals surface area contributed by atoms with Crippen molar-refractivity contribution in [3.63, 3.8) is 0 Å². The lowest BCUT2D eigenvalue weighted by Gasteiger charge is -2.25. The van der Waals surface area contributed by atoms with Crippen LogP contribution < -0.4 is 10.0 Å². The average molecular weight is 379 g/mol. The van der Waals surface area contributed by atoms with Gasteiger partial charge in [-0.15, -0.1) is 0 Å². The highest BCUT2D eigenvalue weighted by molar-refractivity contribution is 7.89. The van der Waals surface area contributed by atoms with Crippen molar-refractivity contribution >= 4 is 15.9 Å². The van der Waals surface area contributed by atoms with E-state index in [-0.39, 0.29) is 29.2 Å². The maximum atomic E-state index is 13.5. The van der Waals surface area contributed by atoms with Gasteiger partial charge in [-0.25, -0.2) is 17.5 Å². The number of halogens is 1. The average Bonchev–Trinajstić information content (AvgIpc) is 2.61.